The lowest BCUT2D eigenvalue weighted by molar-refractivity contribution is -0.249. The minimum absolute atomic E-state index is 0.0587. The molecular formula is C30H44O6. The molecule has 2 rings (SSSR count). The highest BCUT2D eigenvalue weighted by Crippen LogP contribution is 2.51. The number of hydrogen-bond donors (Lipinski definition) is 0. The lowest BCUT2D eigenvalue weighted by Gasteiger charge is -2.52. The maximum Gasteiger partial charge on any atom is 0.339 e. The van der Waals surface area contributed by atoms with Crippen molar-refractivity contribution in [1.29, 1.82) is 0 Å². The summed E-state index contributed by atoms with van der Waals surface area (Å²) < 4.78 is 29.2. The van der Waals surface area contributed by atoms with Crippen LogP contribution >= 0.6 is 0 Å². The lowest BCUT2D eigenvalue weighted by atomic mass is 9.59. The Morgan fingerprint density at radius 3 is 2.25 bits per heavy atom. The van der Waals surface area contributed by atoms with Crippen molar-refractivity contribution in [3.05, 3.63) is 47.5 Å². The Labute approximate surface area is 217 Å². The standard InChI is InChI=1S/C30H44O6/c1-22(17-19-34-28(5,6)32-9)16-18-30(36-26(31)24-14-12-11-13-15-24)23(2)20-25(21-27(30,3)4)35-29(7,8)33-10/h11-15,17,23,25H,19-21H2,1-10H3/b22-17+/t23-,25-,30+/m1/s1. The third-order valence-corrected chi connectivity index (χ3v) is 7.02. The highest BCUT2D eigenvalue weighted by Gasteiger charge is 2.56. The zero-order valence-corrected chi connectivity index (χ0v) is 23.7. The first-order chi connectivity index (χ1) is 16.7. The molecule has 0 spiro atoms. The minimum atomic E-state index is -1.02. The number of methoxy groups -OCH3 is 2. The van der Waals surface area contributed by atoms with Crippen molar-refractivity contribution in [3.63, 3.8) is 0 Å². The van der Waals surface area contributed by atoms with Gasteiger partial charge in [0.15, 0.2) is 17.2 Å². The van der Waals surface area contributed by atoms with Gasteiger partial charge < -0.3 is 23.7 Å². The molecule has 0 bridgehead atoms. The van der Waals surface area contributed by atoms with Crippen LogP contribution in [0.25, 0.3) is 0 Å². The van der Waals surface area contributed by atoms with E-state index in [9.17, 15) is 4.79 Å². The molecule has 1 fully saturated rings. The first kappa shape index (κ1) is 30.1. The number of carbonyl (C=O) groups is 1. The molecule has 0 heterocycles. The van der Waals surface area contributed by atoms with E-state index in [1.54, 1.807) is 26.4 Å². The van der Waals surface area contributed by atoms with Gasteiger partial charge in [-0.2, -0.15) is 0 Å². The number of hydrogen-bond acceptors (Lipinski definition) is 6. The van der Waals surface area contributed by atoms with E-state index in [1.165, 1.54) is 0 Å². The molecule has 3 atom stereocenters. The third kappa shape index (κ3) is 7.66. The summed E-state index contributed by atoms with van der Waals surface area (Å²) in [6.07, 6.45) is 3.19. The Kier molecular flexibility index (Phi) is 9.95. The van der Waals surface area contributed by atoms with Crippen molar-refractivity contribution in [2.24, 2.45) is 11.3 Å². The van der Waals surface area contributed by atoms with Crippen LogP contribution in [-0.4, -0.2) is 50.1 Å². The van der Waals surface area contributed by atoms with Crippen molar-refractivity contribution < 1.29 is 28.5 Å². The summed E-state index contributed by atoms with van der Waals surface area (Å²) in [6, 6.07) is 9.05. The monoisotopic (exact) mass is 500 g/mol. The van der Waals surface area contributed by atoms with E-state index < -0.39 is 22.6 Å². The fourth-order valence-electron chi connectivity index (χ4n) is 4.58. The first-order valence-electron chi connectivity index (χ1n) is 12.6. The van der Waals surface area contributed by atoms with Gasteiger partial charge in [-0.25, -0.2) is 4.79 Å². The summed E-state index contributed by atoms with van der Waals surface area (Å²) in [6.45, 7) is 16.1. The maximum absolute atomic E-state index is 13.3. The molecule has 0 aromatic heterocycles. The van der Waals surface area contributed by atoms with Gasteiger partial charge in [-0.05, 0) is 77.2 Å². The van der Waals surface area contributed by atoms with Crippen LogP contribution in [-0.2, 0) is 23.7 Å². The van der Waals surface area contributed by atoms with E-state index in [4.69, 9.17) is 23.7 Å². The normalized spacial score (nSPS) is 24.6. The van der Waals surface area contributed by atoms with Crippen molar-refractivity contribution in [1.82, 2.24) is 0 Å². The molecular weight excluding hydrogens is 456 g/mol. The van der Waals surface area contributed by atoms with Crippen LogP contribution in [0.1, 0.15) is 78.6 Å². The molecule has 6 heteroatoms. The second-order valence-corrected chi connectivity index (χ2v) is 11.1. The van der Waals surface area contributed by atoms with E-state index in [0.717, 1.165) is 5.57 Å². The van der Waals surface area contributed by atoms with E-state index >= 15 is 0 Å². The molecule has 1 aromatic carbocycles. The third-order valence-electron chi connectivity index (χ3n) is 7.02. The van der Waals surface area contributed by atoms with Gasteiger partial charge >= 0.3 is 5.97 Å². The summed E-state index contributed by atoms with van der Waals surface area (Å²) >= 11 is 0. The molecule has 36 heavy (non-hydrogen) atoms. The fraction of sp³-hybridized carbons (Fsp3) is 0.633. The number of ether oxygens (including phenoxy) is 5. The molecule has 1 aliphatic rings. The molecule has 0 radical (unpaired) electrons. The van der Waals surface area contributed by atoms with Gasteiger partial charge in [0.25, 0.3) is 0 Å². The van der Waals surface area contributed by atoms with Crippen LogP contribution in [0.3, 0.4) is 0 Å². The summed E-state index contributed by atoms with van der Waals surface area (Å²) in [5.74, 6) is 4.81. The average Bonchev–Trinajstić information content (AvgIpc) is 2.80. The molecule has 200 valence electrons. The Hall–Kier alpha value is -2.17. The van der Waals surface area contributed by atoms with Gasteiger partial charge in [-0.15, -0.1) is 0 Å². The van der Waals surface area contributed by atoms with Crippen LogP contribution in [0, 0.1) is 23.2 Å². The van der Waals surface area contributed by atoms with Crippen LogP contribution in [0.2, 0.25) is 0 Å². The Bertz CT molecular complexity index is 966. The van der Waals surface area contributed by atoms with E-state index in [2.05, 4.69) is 32.6 Å². The van der Waals surface area contributed by atoms with Gasteiger partial charge in [0.05, 0.1) is 18.3 Å². The molecule has 0 amide bonds. The van der Waals surface area contributed by atoms with E-state index in [-0.39, 0.29) is 18.0 Å². The molecule has 0 N–H and O–H groups in total. The van der Waals surface area contributed by atoms with Gasteiger partial charge in [0.2, 0.25) is 0 Å². The molecule has 0 unspecified atom stereocenters. The van der Waals surface area contributed by atoms with Crippen LogP contribution < -0.4 is 0 Å². The summed E-state index contributed by atoms with van der Waals surface area (Å²) in [4.78, 5) is 13.3. The fourth-order valence-corrected chi connectivity index (χ4v) is 4.58. The number of rotatable bonds is 9. The Balaban J connectivity index is 2.41. The number of benzene rings is 1. The molecule has 0 saturated heterocycles. The smallest absolute Gasteiger partial charge is 0.339 e. The summed E-state index contributed by atoms with van der Waals surface area (Å²) in [7, 11) is 3.25. The molecule has 6 nitrogen and oxygen atoms in total. The molecule has 1 aliphatic carbocycles. The van der Waals surface area contributed by atoms with E-state index in [0.29, 0.717) is 25.0 Å². The van der Waals surface area contributed by atoms with Crippen molar-refractivity contribution in [3.8, 4) is 11.8 Å². The predicted molar refractivity (Wildman–Crippen MR) is 141 cm³/mol. The quantitative estimate of drug-likeness (QED) is 0.230. The second kappa shape index (κ2) is 11.9. The minimum Gasteiger partial charge on any atom is -0.441 e. The summed E-state index contributed by atoms with van der Waals surface area (Å²) in [5, 5.41) is 0. The van der Waals surface area contributed by atoms with Crippen LogP contribution in [0.15, 0.2) is 42.0 Å². The molecule has 1 aromatic rings. The maximum atomic E-state index is 13.3. The number of esters is 1. The average molecular weight is 501 g/mol. The number of carbonyl (C=O) groups excluding carboxylic acids is 1. The van der Waals surface area contributed by atoms with Gasteiger partial charge in [-0.3, -0.25) is 0 Å². The lowest BCUT2D eigenvalue weighted by Crippen LogP contribution is -2.58. The van der Waals surface area contributed by atoms with Crippen LogP contribution in [0.4, 0.5) is 0 Å². The van der Waals surface area contributed by atoms with E-state index in [1.807, 2.05) is 58.9 Å². The topological polar surface area (TPSA) is 63.2 Å². The van der Waals surface area contributed by atoms with Crippen molar-refractivity contribution in [2.75, 3.05) is 20.8 Å². The van der Waals surface area contributed by atoms with Crippen molar-refractivity contribution >= 4 is 5.97 Å². The van der Waals surface area contributed by atoms with Gasteiger partial charge in [-0.1, -0.05) is 44.9 Å². The zero-order chi connectivity index (χ0) is 27.2. The SMILES string of the molecule is COC(C)(C)OC/C=C(\C)C#C[C@]1(OC(=O)c2ccccc2)[C@H](C)C[C@@H](OC(C)(C)OC)CC1(C)C. The highest BCUT2D eigenvalue weighted by molar-refractivity contribution is 5.90. The number of allylic oxidation sites excluding steroid dienone is 1. The van der Waals surface area contributed by atoms with Crippen LogP contribution in [0.5, 0.6) is 0 Å². The van der Waals surface area contributed by atoms with Gasteiger partial charge in [0, 0.05) is 25.6 Å². The Morgan fingerprint density at radius 1 is 1.08 bits per heavy atom. The first-order valence-corrected chi connectivity index (χ1v) is 12.6. The molecule has 1 saturated carbocycles. The van der Waals surface area contributed by atoms with Gasteiger partial charge in [0.1, 0.15) is 0 Å². The second-order valence-electron chi connectivity index (χ2n) is 11.1. The predicted octanol–water partition coefficient (Wildman–Crippen LogP) is 6.15. The largest absolute Gasteiger partial charge is 0.441 e. The highest BCUT2D eigenvalue weighted by atomic mass is 16.7. The zero-order valence-electron chi connectivity index (χ0n) is 23.7. The van der Waals surface area contributed by atoms with Crippen molar-refractivity contribution in [2.45, 2.75) is 91.5 Å². The molecule has 0 aliphatic heterocycles. The Morgan fingerprint density at radius 2 is 1.69 bits per heavy atom. The summed E-state index contributed by atoms with van der Waals surface area (Å²) in [5.41, 5.74) is -0.175.